The molecule has 3 amide bonds. The van der Waals surface area contributed by atoms with Crippen molar-refractivity contribution in [3.63, 3.8) is 0 Å². The van der Waals surface area contributed by atoms with Crippen LogP contribution in [-0.4, -0.2) is 45.6 Å². The maximum atomic E-state index is 12.9. The third kappa shape index (κ3) is 4.97. The van der Waals surface area contributed by atoms with Crippen LogP contribution in [0.4, 0.5) is 0 Å². The summed E-state index contributed by atoms with van der Waals surface area (Å²) in [6.45, 7) is 1.90. The van der Waals surface area contributed by atoms with Gasteiger partial charge in [0.15, 0.2) is 0 Å². The lowest BCUT2D eigenvalue weighted by Crippen LogP contribution is -2.52. The fourth-order valence-electron chi connectivity index (χ4n) is 4.73. The Balaban J connectivity index is 1.30. The molecule has 1 aromatic heterocycles. The third-order valence-electron chi connectivity index (χ3n) is 6.46. The van der Waals surface area contributed by atoms with Crippen LogP contribution in [0.1, 0.15) is 39.9 Å². The molecule has 1 atom stereocenters. The molecule has 3 heterocycles. The number of benzene rings is 2. The second-order valence-electron chi connectivity index (χ2n) is 9.12. The fourth-order valence-corrected chi connectivity index (χ4v) is 4.86. The number of pyridine rings is 1. The predicted molar refractivity (Wildman–Crippen MR) is 132 cm³/mol. The van der Waals surface area contributed by atoms with Gasteiger partial charge < -0.3 is 4.90 Å². The molecule has 0 bridgehead atoms. The lowest BCUT2D eigenvalue weighted by molar-refractivity contribution is -0.136. The highest BCUT2D eigenvalue weighted by Gasteiger charge is 2.39. The van der Waals surface area contributed by atoms with E-state index in [0.29, 0.717) is 18.5 Å². The topological polar surface area (TPSA) is 82.6 Å². The van der Waals surface area contributed by atoms with E-state index in [-0.39, 0.29) is 18.2 Å². The summed E-state index contributed by atoms with van der Waals surface area (Å²) in [7, 11) is 2.07. The van der Waals surface area contributed by atoms with E-state index in [0.717, 1.165) is 40.5 Å². The first-order valence-corrected chi connectivity index (χ1v) is 11.9. The Labute approximate surface area is 208 Å². The van der Waals surface area contributed by atoms with Gasteiger partial charge in [0.05, 0.1) is 5.69 Å². The van der Waals surface area contributed by atoms with E-state index in [4.69, 9.17) is 11.6 Å². The number of aromatic nitrogens is 1. The standard InChI is InChI=1S/C27H25ClN4O3/c1-31(14-17-2-5-21(28)6-3-17)15-18-10-11-29-23(12-18)19-4-7-22-20(13-19)16-32(27(22)35)24-8-9-25(33)30-26(24)34/h2-7,10-13,24H,8-9,14-16H2,1H3,(H,30,33,34). The van der Waals surface area contributed by atoms with Gasteiger partial charge in [-0.05, 0) is 66.6 Å². The zero-order valence-electron chi connectivity index (χ0n) is 19.3. The Bertz CT molecular complexity index is 1310. The van der Waals surface area contributed by atoms with Crippen molar-refractivity contribution in [2.45, 2.75) is 38.5 Å². The van der Waals surface area contributed by atoms with Crippen LogP contribution in [0.2, 0.25) is 5.02 Å². The summed E-state index contributed by atoms with van der Waals surface area (Å²) in [4.78, 5) is 45.1. The van der Waals surface area contributed by atoms with Gasteiger partial charge in [0.2, 0.25) is 11.8 Å². The number of halogens is 1. The zero-order chi connectivity index (χ0) is 24.5. The minimum absolute atomic E-state index is 0.174. The summed E-state index contributed by atoms with van der Waals surface area (Å²) < 4.78 is 0. The number of nitrogens with one attached hydrogen (secondary N) is 1. The number of amides is 3. The number of piperidine rings is 1. The molecule has 1 fully saturated rings. The first-order chi connectivity index (χ1) is 16.9. The van der Waals surface area contributed by atoms with Gasteiger partial charge in [-0.15, -0.1) is 0 Å². The first kappa shape index (κ1) is 23.2. The highest BCUT2D eigenvalue weighted by atomic mass is 35.5. The van der Waals surface area contributed by atoms with E-state index in [1.807, 2.05) is 42.5 Å². The average molecular weight is 489 g/mol. The van der Waals surface area contributed by atoms with Crippen LogP contribution in [0.3, 0.4) is 0 Å². The van der Waals surface area contributed by atoms with Crippen molar-refractivity contribution in [3.8, 4) is 11.3 Å². The lowest BCUT2D eigenvalue weighted by Gasteiger charge is -2.29. The largest absolute Gasteiger partial charge is 0.322 e. The molecule has 2 aliphatic rings. The van der Waals surface area contributed by atoms with Crippen molar-refractivity contribution >= 4 is 29.3 Å². The quantitative estimate of drug-likeness (QED) is 0.534. The predicted octanol–water partition coefficient (Wildman–Crippen LogP) is 3.80. The molecule has 8 heteroatoms. The van der Waals surface area contributed by atoms with Crippen molar-refractivity contribution in [3.05, 3.63) is 88.1 Å². The molecule has 0 aliphatic carbocycles. The summed E-state index contributed by atoms with van der Waals surface area (Å²) in [6.07, 6.45) is 2.39. The molecule has 1 saturated heterocycles. The second kappa shape index (κ2) is 9.60. The van der Waals surface area contributed by atoms with Crippen molar-refractivity contribution in [1.29, 1.82) is 0 Å². The molecule has 1 N–H and O–H groups in total. The Morgan fingerprint density at radius 2 is 1.80 bits per heavy atom. The monoisotopic (exact) mass is 488 g/mol. The van der Waals surface area contributed by atoms with Crippen LogP contribution < -0.4 is 5.32 Å². The molecule has 7 nitrogen and oxygen atoms in total. The van der Waals surface area contributed by atoms with Gasteiger partial charge in [-0.2, -0.15) is 0 Å². The number of carbonyl (C=O) groups excluding carboxylic acids is 3. The van der Waals surface area contributed by atoms with E-state index in [2.05, 4.69) is 28.3 Å². The minimum Gasteiger partial charge on any atom is -0.322 e. The molecule has 5 rings (SSSR count). The smallest absolute Gasteiger partial charge is 0.255 e. The summed E-state index contributed by atoms with van der Waals surface area (Å²) >= 11 is 5.98. The molecule has 2 aliphatic heterocycles. The summed E-state index contributed by atoms with van der Waals surface area (Å²) in [5.41, 5.74) is 5.53. The minimum atomic E-state index is -0.617. The molecular formula is C27H25ClN4O3. The zero-order valence-corrected chi connectivity index (χ0v) is 20.1. The molecule has 2 aromatic carbocycles. The van der Waals surface area contributed by atoms with Gasteiger partial charge in [0.25, 0.3) is 5.91 Å². The highest BCUT2D eigenvalue weighted by molar-refractivity contribution is 6.30. The Morgan fingerprint density at radius 1 is 1.03 bits per heavy atom. The van der Waals surface area contributed by atoms with Crippen molar-refractivity contribution in [1.82, 2.24) is 20.1 Å². The maximum absolute atomic E-state index is 12.9. The summed E-state index contributed by atoms with van der Waals surface area (Å²) in [5, 5.41) is 3.07. The van der Waals surface area contributed by atoms with Crippen LogP contribution in [0.25, 0.3) is 11.3 Å². The SMILES string of the molecule is CN(Cc1ccc(Cl)cc1)Cc1ccnc(-c2ccc3c(c2)CN(C2CCC(=O)NC2=O)C3=O)c1. The van der Waals surface area contributed by atoms with Crippen molar-refractivity contribution in [2.24, 2.45) is 0 Å². The number of rotatable bonds is 6. The van der Waals surface area contributed by atoms with E-state index >= 15 is 0 Å². The Hall–Kier alpha value is -3.55. The van der Waals surface area contributed by atoms with E-state index in [9.17, 15) is 14.4 Å². The molecule has 0 saturated carbocycles. The Morgan fingerprint density at radius 3 is 2.57 bits per heavy atom. The number of nitrogens with zero attached hydrogens (tertiary/aromatic N) is 3. The molecule has 35 heavy (non-hydrogen) atoms. The number of imide groups is 1. The van der Waals surface area contributed by atoms with Gasteiger partial charge in [-0.25, -0.2) is 0 Å². The normalized spacial score (nSPS) is 17.6. The van der Waals surface area contributed by atoms with E-state index < -0.39 is 11.9 Å². The molecule has 0 spiro atoms. The molecule has 178 valence electrons. The molecular weight excluding hydrogens is 464 g/mol. The van der Waals surface area contributed by atoms with Gasteiger partial charge in [-0.3, -0.25) is 29.6 Å². The number of hydrogen-bond donors (Lipinski definition) is 1. The van der Waals surface area contributed by atoms with Crippen LogP contribution in [-0.2, 0) is 29.2 Å². The number of fused-ring (bicyclic) bond motifs is 1. The van der Waals surface area contributed by atoms with Crippen LogP contribution in [0, 0.1) is 0 Å². The van der Waals surface area contributed by atoms with Crippen LogP contribution in [0.15, 0.2) is 60.8 Å². The first-order valence-electron chi connectivity index (χ1n) is 11.5. The molecule has 1 unspecified atom stereocenters. The average Bonchev–Trinajstić information content (AvgIpc) is 3.16. The lowest BCUT2D eigenvalue weighted by atomic mass is 10.0. The van der Waals surface area contributed by atoms with Gasteiger partial charge in [-0.1, -0.05) is 29.8 Å². The summed E-state index contributed by atoms with van der Waals surface area (Å²) in [5.74, 6) is -0.867. The maximum Gasteiger partial charge on any atom is 0.255 e. The van der Waals surface area contributed by atoms with Crippen molar-refractivity contribution < 1.29 is 14.4 Å². The van der Waals surface area contributed by atoms with E-state index in [1.165, 1.54) is 5.56 Å². The van der Waals surface area contributed by atoms with Crippen LogP contribution in [0.5, 0.6) is 0 Å². The van der Waals surface area contributed by atoms with Gasteiger partial charge in [0.1, 0.15) is 6.04 Å². The van der Waals surface area contributed by atoms with Gasteiger partial charge >= 0.3 is 0 Å². The highest BCUT2D eigenvalue weighted by Crippen LogP contribution is 2.31. The molecule has 0 radical (unpaired) electrons. The number of carbonyl (C=O) groups is 3. The van der Waals surface area contributed by atoms with Crippen LogP contribution >= 0.6 is 11.6 Å². The summed E-state index contributed by atoms with van der Waals surface area (Å²) in [6, 6.07) is 17.0. The number of hydrogen-bond acceptors (Lipinski definition) is 5. The molecule has 3 aromatic rings. The second-order valence-corrected chi connectivity index (χ2v) is 9.56. The van der Waals surface area contributed by atoms with E-state index in [1.54, 1.807) is 17.2 Å². The van der Waals surface area contributed by atoms with Gasteiger partial charge in [0, 0.05) is 48.4 Å². The van der Waals surface area contributed by atoms with Crippen molar-refractivity contribution in [2.75, 3.05) is 7.05 Å². The third-order valence-corrected chi connectivity index (χ3v) is 6.71. The fraction of sp³-hybridized carbons (Fsp3) is 0.259. The Kier molecular flexibility index (Phi) is 6.36.